The highest BCUT2D eigenvalue weighted by molar-refractivity contribution is 6.06. The second-order valence-electron chi connectivity index (χ2n) is 7.48. The summed E-state index contributed by atoms with van der Waals surface area (Å²) in [5, 5.41) is 3.73. The fourth-order valence-corrected chi connectivity index (χ4v) is 3.62. The number of nitrogens with zero attached hydrogens (tertiary/aromatic N) is 1. The molecule has 0 fully saturated rings. The van der Waals surface area contributed by atoms with Crippen LogP contribution in [0, 0.1) is 6.92 Å². The summed E-state index contributed by atoms with van der Waals surface area (Å²) >= 11 is 0. The van der Waals surface area contributed by atoms with Crippen LogP contribution < -0.4 is 10.9 Å². The summed E-state index contributed by atoms with van der Waals surface area (Å²) in [6.45, 7) is 3.02. The lowest BCUT2D eigenvalue weighted by molar-refractivity contribution is 0.0955. The van der Waals surface area contributed by atoms with Gasteiger partial charge in [-0.3, -0.25) is 9.59 Å². The van der Waals surface area contributed by atoms with Crippen LogP contribution in [-0.4, -0.2) is 17.0 Å². The van der Waals surface area contributed by atoms with E-state index in [0.29, 0.717) is 18.7 Å². The molecule has 4 nitrogen and oxygen atoms in total. The van der Waals surface area contributed by atoms with E-state index in [1.54, 1.807) is 4.57 Å². The molecule has 3 aromatic carbocycles. The maximum Gasteiger partial charge on any atom is 0.252 e. The first-order valence-corrected chi connectivity index (χ1v) is 10.1. The van der Waals surface area contributed by atoms with Crippen LogP contribution in [-0.2, 0) is 13.0 Å². The van der Waals surface area contributed by atoms with Gasteiger partial charge >= 0.3 is 0 Å². The van der Waals surface area contributed by atoms with Crippen molar-refractivity contribution < 1.29 is 4.79 Å². The van der Waals surface area contributed by atoms with Gasteiger partial charge in [0.1, 0.15) is 0 Å². The first-order valence-electron chi connectivity index (χ1n) is 10.1. The predicted octanol–water partition coefficient (Wildman–Crippen LogP) is 4.33. The lowest BCUT2D eigenvalue weighted by Crippen LogP contribution is -2.29. The summed E-state index contributed by atoms with van der Waals surface area (Å²) in [5.74, 6) is -0.221. The third-order valence-electron chi connectivity index (χ3n) is 5.27. The van der Waals surface area contributed by atoms with Gasteiger partial charge in [0, 0.05) is 18.0 Å². The third kappa shape index (κ3) is 4.33. The molecule has 0 aliphatic carbocycles. The van der Waals surface area contributed by atoms with Crippen LogP contribution >= 0.6 is 0 Å². The van der Waals surface area contributed by atoms with Crippen LogP contribution in [0.25, 0.3) is 10.9 Å². The Bertz CT molecular complexity index is 1230. The zero-order chi connectivity index (χ0) is 20.9. The molecule has 0 radical (unpaired) electrons. The third-order valence-corrected chi connectivity index (χ3v) is 5.27. The van der Waals surface area contributed by atoms with Crippen molar-refractivity contribution in [1.29, 1.82) is 0 Å². The monoisotopic (exact) mass is 396 g/mol. The average molecular weight is 396 g/mol. The molecule has 0 saturated carbocycles. The number of fused-ring (bicyclic) bond motifs is 1. The highest BCUT2D eigenvalue weighted by Gasteiger charge is 2.14. The first-order chi connectivity index (χ1) is 14.6. The minimum atomic E-state index is -0.221. The van der Waals surface area contributed by atoms with Gasteiger partial charge in [-0.15, -0.1) is 0 Å². The Balaban J connectivity index is 1.60. The summed E-state index contributed by atoms with van der Waals surface area (Å²) < 4.78 is 1.72. The Hall–Kier alpha value is -3.66. The summed E-state index contributed by atoms with van der Waals surface area (Å²) in [4.78, 5) is 25.8. The second-order valence-corrected chi connectivity index (χ2v) is 7.48. The van der Waals surface area contributed by atoms with Crippen molar-refractivity contribution in [2.45, 2.75) is 19.9 Å². The molecule has 1 amide bonds. The molecule has 0 aliphatic rings. The number of rotatable bonds is 6. The van der Waals surface area contributed by atoms with Crippen molar-refractivity contribution in [1.82, 2.24) is 9.88 Å². The highest BCUT2D eigenvalue weighted by Crippen LogP contribution is 2.18. The first kappa shape index (κ1) is 19.6. The van der Waals surface area contributed by atoms with Gasteiger partial charge in [-0.2, -0.15) is 0 Å². The van der Waals surface area contributed by atoms with E-state index in [2.05, 4.69) is 5.32 Å². The number of nitrogens with one attached hydrogen (secondary N) is 1. The van der Waals surface area contributed by atoms with E-state index in [9.17, 15) is 9.59 Å². The molecule has 4 aromatic rings. The minimum absolute atomic E-state index is 0.178. The van der Waals surface area contributed by atoms with Crippen molar-refractivity contribution in [3.8, 4) is 0 Å². The Labute approximate surface area is 175 Å². The fourth-order valence-electron chi connectivity index (χ4n) is 3.62. The molecule has 1 aromatic heterocycles. The fraction of sp³-hybridized carbons (Fsp3) is 0.154. The number of hydrogen-bond acceptors (Lipinski definition) is 2. The normalized spacial score (nSPS) is 10.8. The molecular formula is C26H24N2O2. The number of aromatic nitrogens is 1. The van der Waals surface area contributed by atoms with Gasteiger partial charge in [0.05, 0.1) is 17.6 Å². The van der Waals surface area contributed by atoms with Crippen molar-refractivity contribution in [2.24, 2.45) is 0 Å². The molecule has 150 valence electrons. The number of hydrogen-bond donors (Lipinski definition) is 1. The van der Waals surface area contributed by atoms with Crippen molar-refractivity contribution in [2.75, 3.05) is 6.54 Å². The van der Waals surface area contributed by atoms with Crippen molar-refractivity contribution >= 4 is 16.8 Å². The molecule has 4 rings (SSSR count). The molecule has 1 heterocycles. The van der Waals surface area contributed by atoms with Crippen molar-refractivity contribution in [3.05, 3.63) is 118 Å². The maximum atomic E-state index is 12.9. The topological polar surface area (TPSA) is 51.1 Å². The number of amides is 1. The summed E-state index contributed by atoms with van der Waals surface area (Å²) in [6.07, 6.45) is 0.745. The van der Waals surface area contributed by atoms with Gasteiger partial charge in [-0.25, -0.2) is 0 Å². The van der Waals surface area contributed by atoms with Crippen molar-refractivity contribution in [3.63, 3.8) is 0 Å². The SMILES string of the molecule is Cc1ccc(Cn2c(=O)cc(C(=O)NCCc3ccccc3)c3ccccc32)cc1. The van der Waals surface area contributed by atoms with Crippen LogP contribution in [0.15, 0.2) is 89.7 Å². The van der Waals surface area contributed by atoms with Gasteiger partial charge in [0.2, 0.25) is 0 Å². The quantitative estimate of drug-likeness (QED) is 0.527. The summed E-state index contributed by atoms with van der Waals surface area (Å²) in [5.41, 5.74) is 4.40. The lowest BCUT2D eigenvalue weighted by atomic mass is 10.1. The summed E-state index contributed by atoms with van der Waals surface area (Å²) in [7, 11) is 0. The molecule has 0 saturated heterocycles. The predicted molar refractivity (Wildman–Crippen MR) is 121 cm³/mol. The molecular weight excluding hydrogens is 372 g/mol. The van der Waals surface area contributed by atoms with Crippen LogP contribution in [0.4, 0.5) is 0 Å². The Kier molecular flexibility index (Phi) is 5.75. The van der Waals surface area contributed by atoms with E-state index in [4.69, 9.17) is 0 Å². The molecule has 1 N–H and O–H groups in total. The van der Waals surface area contributed by atoms with E-state index in [0.717, 1.165) is 28.5 Å². The number of carbonyl (C=O) groups is 1. The Morgan fingerprint density at radius 3 is 2.33 bits per heavy atom. The van der Waals surface area contributed by atoms with Gasteiger partial charge < -0.3 is 9.88 Å². The van der Waals surface area contributed by atoms with Gasteiger partial charge in [-0.05, 0) is 30.5 Å². The second kappa shape index (κ2) is 8.78. The lowest BCUT2D eigenvalue weighted by Gasteiger charge is -2.14. The molecule has 30 heavy (non-hydrogen) atoms. The zero-order valence-corrected chi connectivity index (χ0v) is 17.0. The molecule has 4 heteroatoms. The van der Waals surface area contributed by atoms with Gasteiger partial charge in [-0.1, -0.05) is 78.4 Å². The molecule has 0 unspecified atom stereocenters. The number of carbonyl (C=O) groups excluding carboxylic acids is 1. The smallest absolute Gasteiger partial charge is 0.252 e. The summed E-state index contributed by atoms with van der Waals surface area (Å²) in [6, 6.07) is 27.2. The molecule has 0 atom stereocenters. The van der Waals surface area contributed by atoms with E-state index >= 15 is 0 Å². The minimum Gasteiger partial charge on any atom is -0.352 e. The Morgan fingerprint density at radius 2 is 1.57 bits per heavy atom. The molecule has 0 aliphatic heterocycles. The highest BCUT2D eigenvalue weighted by atomic mass is 16.2. The van der Waals surface area contributed by atoms with E-state index in [1.165, 1.54) is 11.6 Å². The van der Waals surface area contributed by atoms with Crippen LogP contribution in [0.1, 0.15) is 27.0 Å². The van der Waals surface area contributed by atoms with Gasteiger partial charge in [0.15, 0.2) is 0 Å². The van der Waals surface area contributed by atoms with E-state index in [-0.39, 0.29) is 11.5 Å². The van der Waals surface area contributed by atoms with Crippen LogP contribution in [0.3, 0.4) is 0 Å². The standard InChI is InChI=1S/C26H24N2O2/c1-19-11-13-21(14-12-19)18-28-24-10-6-5-9-22(24)23(17-25(28)29)26(30)27-16-15-20-7-3-2-4-8-20/h2-14,17H,15-16,18H2,1H3,(H,27,30). The number of aryl methyl sites for hydroxylation is 1. The number of pyridine rings is 1. The van der Waals surface area contributed by atoms with E-state index < -0.39 is 0 Å². The van der Waals surface area contributed by atoms with Crippen LogP contribution in [0.5, 0.6) is 0 Å². The zero-order valence-electron chi connectivity index (χ0n) is 17.0. The largest absolute Gasteiger partial charge is 0.352 e. The maximum absolute atomic E-state index is 12.9. The number of benzene rings is 3. The van der Waals surface area contributed by atoms with Crippen LogP contribution in [0.2, 0.25) is 0 Å². The Morgan fingerprint density at radius 1 is 0.867 bits per heavy atom. The number of para-hydroxylation sites is 1. The molecule has 0 spiro atoms. The van der Waals surface area contributed by atoms with Gasteiger partial charge in [0.25, 0.3) is 11.5 Å². The van der Waals surface area contributed by atoms with E-state index in [1.807, 2.05) is 85.8 Å². The average Bonchev–Trinajstić information content (AvgIpc) is 2.77. The molecule has 0 bridgehead atoms.